The maximum atomic E-state index is 11.4. The largest absolute Gasteiger partial charge is 0.508 e. The zero-order chi connectivity index (χ0) is 13.1. The fourth-order valence-corrected chi connectivity index (χ4v) is 1.53. The molecule has 2 aromatic rings. The molecule has 0 fully saturated rings. The van der Waals surface area contributed by atoms with Gasteiger partial charge in [-0.05, 0) is 12.1 Å². The Morgan fingerprint density at radius 2 is 1.94 bits per heavy atom. The number of nitrogens with zero attached hydrogens (tertiary/aromatic N) is 1. The number of hydrogen-bond donors (Lipinski definition) is 2. The number of pyridine rings is 1. The molecule has 0 atom stereocenters. The van der Waals surface area contributed by atoms with E-state index in [4.69, 9.17) is 5.73 Å². The van der Waals surface area contributed by atoms with E-state index in [0.717, 1.165) is 5.56 Å². The van der Waals surface area contributed by atoms with Gasteiger partial charge in [0.15, 0.2) is 5.69 Å². The van der Waals surface area contributed by atoms with E-state index in [0.29, 0.717) is 11.4 Å². The van der Waals surface area contributed by atoms with Gasteiger partial charge in [-0.15, -0.1) is 0 Å². The molecule has 92 valence electrons. The molecule has 18 heavy (non-hydrogen) atoms. The lowest BCUT2D eigenvalue weighted by Crippen LogP contribution is -2.04. The van der Waals surface area contributed by atoms with Crippen molar-refractivity contribution in [3.8, 4) is 17.0 Å². The van der Waals surface area contributed by atoms with Gasteiger partial charge in [-0.25, -0.2) is 9.78 Å². The Kier molecular flexibility index (Phi) is 3.14. The molecule has 0 spiro atoms. The van der Waals surface area contributed by atoms with E-state index in [-0.39, 0.29) is 11.4 Å². The molecule has 1 heterocycles. The molecule has 0 aliphatic carbocycles. The quantitative estimate of drug-likeness (QED) is 0.621. The minimum Gasteiger partial charge on any atom is -0.508 e. The Bertz CT molecular complexity index is 579. The fourth-order valence-electron chi connectivity index (χ4n) is 1.53. The van der Waals surface area contributed by atoms with Crippen molar-refractivity contribution in [3.63, 3.8) is 0 Å². The third-order valence-electron chi connectivity index (χ3n) is 2.41. The monoisotopic (exact) mass is 244 g/mol. The van der Waals surface area contributed by atoms with E-state index in [1.54, 1.807) is 24.3 Å². The van der Waals surface area contributed by atoms with Crippen molar-refractivity contribution in [2.75, 3.05) is 12.8 Å². The molecule has 0 unspecified atom stereocenters. The molecular weight excluding hydrogens is 232 g/mol. The first kappa shape index (κ1) is 11.9. The van der Waals surface area contributed by atoms with Crippen LogP contribution in [0.4, 0.5) is 5.69 Å². The van der Waals surface area contributed by atoms with E-state index in [9.17, 15) is 9.90 Å². The molecule has 2 rings (SSSR count). The predicted molar refractivity (Wildman–Crippen MR) is 67.1 cm³/mol. The van der Waals surface area contributed by atoms with Crippen LogP contribution < -0.4 is 5.73 Å². The van der Waals surface area contributed by atoms with Crippen molar-refractivity contribution >= 4 is 11.7 Å². The third kappa shape index (κ3) is 2.40. The summed E-state index contributed by atoms with van der Waals surface area (Å²) in [6.07, 6.45) is 0. The Labute approximate surface area is 104 Å². The third-order valence-corrected chi connectivity index (χ3v) is 2.41. The van der Waals surface area contributed by atoms with Gasteiger partial charge in [0.2, 0.25) is 0 Å². The number of methoxy groups -OCH3 is 1. The van der Waals surface area contributed by atoms with E-state index in [1.807, 2.05) is 0 Å². The Hall–Kier alpha value is -2.56. The highest BCUT2D eigenvalue weighted by atomic mass is 16.5. The van der Waals surface area contributed by atoms with Crippen molar-refractivity contribution in [3.05, 3.63) is 42.1 Å². The molecule has 0 aliphatic rings. The van der Waals surface area contributed by atoms with Gasteiger partial charge in [0.05, 0.1) is 12.8 Å². The number of aromatic nitrogens is 1. The first-order valence-electron chi connectivity index (χ1n) is 5.25. The van der Waals surface area contributed by atoms with Gasteiger partial charge in [0.25, 0.3) is 0 Å². The highest BCUT2D eigenvalue weighted by molar-refractivity contribution is 5.88. The predicted octanol–water partition coefficient (Wildman–Crippen LogP) is 1.82. The molecule has 0 saturated heterocycles. The second-order valence-corrected chi connectivity index (χ2v) is 3.71. The number of hydrogen-bond acceptors (Lipinski definition) is 5. The van der Waals surface area contributed by atoms with Crippen LogP contribution in [0.15, 0.2) is 36.4 Å². The normalized spacial score (nSPS) is 10.1. The molecule has 1 aromatic heterocycles. The lowest BCUT2D eigenvalue weighted by molar-refractivity contribution is 0.0593. The SMILES string of the molecule is COC(=O)c1cc(O)cc(-c2ccc(N)cc2)n1. The van der Waals surface area contributed by atoms with E-state index < -0.39 is 5.97 Å². The Morgan fingerprint density at radius 3 is 2.56 bits per heavy atom. The van der Waals surface area contributed by atoms with Crippen LogP contribution in [0.3, 0.4) is 0 Å². The number of rotatable bonds is 2. The zero-order valence-corrected chi connectivity index (χ0v) is 9.75. The number of nitrogens with two attached hydrogens (primary N) is 1. The Balaban J connectivity index is 2.48. The number of benzene rings is 1. The topological polar surface area (TPSA) is 85.4 Å². The van der Waals surface area contributed by atoms with Crippen LogP contribution in [0.2, 0.25) is 0 Å². The van der Waals surface area contributed by atoms with Gasteiger partial charge in [0, 0.05) is 23.4 Å². The average molecular weight is 244 g/mol. The zero-order valence-electron chi connectivity index (χ0n) is 9.75. The minimum atomic E-state index is -0.595. The maximum absolute atomic E-state index is 11.4. The van der Waals surface area contributed by atoms with Crippen molar-refractivity contribution in [1.82, 2.24) is 4.98 Å². The number of esters is 1. The molecule has 0 radical (unpaired) electrons. The molecule has 0 amide bonds. The van der Waals surface area contributed by atoms with E-state index >= 15 is 0 Å². The smallest absolute Gasteiger partial charge is 0.356 e. The second-order valence-electron chi connectivity index (χ2n) is 3.71. The van der Waals surface area contributed by atoms with Crippen molar-refractivity contribution < 1.29 is 14.6 Å². The van der Waals surface area contributed by atoms with Crippen LogP contribution in [0, 0.1) is 0 Å². The molecule has 5 nitrogen and oxygen atoms in total. The lowest BCUT2D eigenvalue weighted by atomic mass is 10.1. The first-order valence-corrected chi connectivity index (χ1v) is 5.25. The van der Waals surface area contributed by atoms with Crippen LogP contribution in [0.1, 0.15) is 10.5 Å². The molecule has 1 aromatic carbocycles. The van der Waals surface area contributed by atoms with Gasteiger partial charge >= 0.3 is 5.97 Å². The maximum Gasteiger partial charge on any atom is 0.356 e. The summed E-state index contributed by atoms with van der Waals surface area (Å²) in [5.41, 5.74) is 7.52. The van der Waals surface area contributed by atoms with Crippen LogP contribution in [-0.4, -0.2) is 23.2 Å². The van der Waals surface area contributed by atoms with Crippen molar-refractivity contribution in [2.24, 2.45) is 0 Å². The summed E-state index contributed by atoms with van der Waals surface area (Å²) < 4.78 is 4.57. The molecule has 5 heteroatoms. The summed E-state index contributed by atoms with van der Waals surface area (Å²) in [5, 5.41) is 9.58. The van der Waals surface area contributed by atoms with Gasteiger partial charge in [-0.3, -0.25) is 0 Å². The van der Waals surface area contributed by atoms with Gasteiger partial charge < -0.3 is 15.6 Å². The summed E-state index contributed by atoms with van der Waals surface area (Å²) in [7, 11) is 1.26. The number of carbonyl (C=O) groups is 1. The summed E-state index contributed by atoms with van der Waals surface area (Å²) >= 11 is 0. The Morgan fingerprint density at radius 1 is 1.28 bits per heavy atom. The average Bonchev–Trinajstić information content (AvgIpc) is 2.38. The molecular formula is C13H12N2O3. The fraction of sp³-hybridized carbons (Fsp3) is 0.0769. The molecule has 0 saturated carbocycles. The van der Waals surface area contributed by atoms with Crippen LogP contribution in [0.25, 0.3) is 11.3 Å². The molecule has 3 N–H and O–H groups in total. The van der Waals surface area contributed by atoms with Crippen molar-refractivity contribution in [2.45, 2.75) is 0 Å². The summed E-state index contributed by atoms with van der Waals surface area (Å²) in [5.74, 6) is -0.639. The van der Waals surface area contributed by atoms with Crippen LogP contribution >= 0.6 is 0 Å². The number of ether oxygens (including phenoxy) is 1. The number of aromatic hydroxyl groups is 1. The van der Waals surface area contributed by atoms with Gasteiger partial charge in [-0.1, -0.05) is 12.1 Å². The second kappa shape index (κ2) is 4.75. The molecule has 0 aliphatic heterocycles. The summed E-state index contributed by atoms with van der Waals surface area (Å²) in [6.45, 7) is 0. The standard InChI is InChI=1S/C13H12N2O3/c1-18-13(17)12-7-10(16)6-11(15-12)8-2-4-9(14)5-3-8/h2-7H,14H2,1H3,(H,15,16). The van der Waals surface area contributed by atoms with E-state index in [2.05, 4.69) is 9.72 Å². The number of anilines is 1. The highest BCUT2D eigenvalue weighted by Gasteiger charge is 2.11. The highest BCUT2D eigenvalue weighted by Crippen LogP contribution is 2.23. The van der Waals surface area contributed by atoms with Crippen LogP contribution in [-0.2, 0) is 4.74 Å². The van der Waals surface area contributed by atoms with Crippen LogP contribution in [0.5, 0.6) is 5.75 Å². The number of carbonyl (C=O) groups excluding carboxylic acids is 1. The summed E-state index contributed by atoms with van der Waals surface area (Å²) in [6, 6.07) is 9.69. The van der Waals surface area contributed by atoms with E-state index in [1.165, 1.54) is 19.2 Å². The number of nitrogen functional groups attached to an aromatic ring is 1. The lowest BCUT2D eigenvalue weighted by Gasteiger charge is -2.05. The van der Waals surface area contributed by atoms with Gasteiger partial charge in [0.1, 0.15) is 5.75 Å². The summed E-state index contributed by atoms with van der Waals surface area (Å²) in [4.78, 5) is 15.5. The van der Waals surface area contributed by atoms with Crippen molar-refractivity contribution in [1.29, 1.82) is 0 Å². The molecule has 0 bridgehead atoms. The first-order chi connectivity index (χ1) is 8.60. The minimum absolute atomic E-state index is 0.0442. The van der Waals surface area contributed by atoms with Gasteiger partial charge in [-0.2, -0.15) is 0 Å².